The Hall–Kier alpha value is -0.830. The minimum atomic E-state index is 0.101. The summed E-state index contributed by atoms with van der Waals surface area (Å²) in [5.74, 6) is 0.659. The van der Waals surface area contributed by atoms with Crippen molar-refractivity contribution in [3.8, 4) is 0 Å². The molecule has 2 nitrogen and oxygen atoms in total. The Labute approximate surface area is 82.0 Å². The Bertz CT molecular complexity index is 343. The van der Waals surface area contributed by atoms with Crippen LogP contribution < -0.4 is 5.32 Å². The van der Waals surface area contributed by atoms with Crippen molar-refractivity contribution < 1.29 is 4.79 Å². The molecule has 1 aromatic rings. The maximum atomic E-state index is 11.6. The molecule has 0 spiro atoms. The summed E-state index contributed by atoms with van der Waals surface area (Å²) in [6.45, 7) is 5.03. The monoisotopic (exact) mass is 195 g/mol. The molecule has 3 heteroatoms. The van der Waals surface area contributed by atoms with E-state index >= 15 is 0 Å². The lowest BCUT2D eigenvalue weighted by atomic mass is 10.1. The molecule has 2 rings (SSSR count). The molecule has 1 atom stereocenters. The lowest BCUT2D eigenvalue weighted by Crippen LogP contribution is -2.25. The van der Waals surface area contributed by atoms with Crippen molar-refractivity contribution in [1.29, 1.82) is 0 Å². The van der Waals surface area contributed by atoms with Gasteiger partial charge in [0.25, 0.3) is 5.91 Å². The van der Waals surface area contributed by atoms with Crippen molar-refractivity contribution in [2.75, 3.05) is 6.54 Å². The normalized spacial score (nSPS) is 22.0. The Morgan fingerprint density at radius 2 is 2.38 bits per heavy atom. The third kappa shape index (κ3) is 1.61. The molecular formula is C10H13NOS. The molecule has 0 fully saturated rings. The molecule has 70 valence electrons. The van der Waals surface area contributed by atoms with E-state index in [2.05, 4.69) is 19.2 Å². The van der Waals surface area contributed by atoms with Crippen LogP contribution in [-0.4, -0.2) is 12.5 Å². The van der Waals surface area contributed by atoms with E-state index in [1.807, 2.05) is 6.07 Å². The van der Waals surface area contributed by atoms with Crippen LogP contribution in [0.2, 0.25) is 0 Å². The third-order valence-electron chi connectivity index (χ3n) is 2.32. The van der Waals surface area contributed by atoms with Crippen molar-refractivity contribution in [3.63, 3.8) is 0 Å². The van der Waals surface area contributed by atoms with Crippen LogP contribution in [0.5, 0.6) is 0 Å². The van der Waals surface area contributed by atoms with Gasteiger partial charge in [-0.1, -0.05) is 6.92 Å². The first-order valence-corrected chi connectivity index (χ1v) is 5.36. The number of hydrogen-bond acceptors (Lipinski definition) is 2. The molecule has 1 N–H and O–H groups in total. The second kappa shape index (κ2) is 3.14. The van der Waals surface area contributed by atoms with Gasteiger partial charge in [-0.05, 0) is 25.3 Å². The van der Waals surface area contributed by atoms with Crippen LogP contribution in [0, 0.1) is 12.8 Å². The van der Waals surface area contributed by atoms with E-state index in [0.29, 0.717) is 5.92 Å². The van der Waals surface area contributed by atoms with Crippen molar-refractivity contribution >= 4 is 17.2 Å². The van der Waals surface area contributed by atoms with Gasteiger partial charge in [0, 0.05) is 16.3 Å². The number of aryl methyl sites for hydroxylation is 1. The zero-order valence-electron chi connectivity index (χ0n) is 7.89. The smallest absolute Gasteiger partial charge is 0.252 e. The summed E-state index contributed by atoms with van der Waals surface area (Å²) in [4.78, 5) is 14.0. The number of rotatable bonds is 0. The largest absolute Gasteiger partial charge is 0.352 e. The summed E-state index contributed by atoms with van der Waals surface area (Å²) in [7, 11) is 0. The maximum absolute atomic E-state index is 11.6. The van der Waals surface area contributed by atoms with E-state index < -0.39 is 0 Å². The number of carbonyl (C=O) groups excluding carboxylic acids is 1. The summed E-state index contributed by atoms with van der Waals surface area (Å²) in [5.41, 5.74) is 0.895. The number of amides is 1. The molecule has 13 heavy (non-hydrogen) atoms. The van der Waals surface area contributed by atoms with Crippen LogP contribution in [0.1, 0.15) is 27.0 Å². The fourth-order valence-corrected chi connectivity index (χ4v) is 2.85. The highest BCUT2D eigenvalue weighted by molar-refractivity contribution is 7.12. The van der Waals surface area contributed by atoms with Crippen LogP contribution in [0.15, 0.2) is 6.07 Å². The predicted octanol–water partition coefficient (Wildman–Crippen LogP) is 1.98. The Morgan fingerprint density at radius 1 is 1.62 bits per heavy atom. The van der Waals surface area contributed by atoms with Gasteiger partial charge in [-0.2, -0.15) is 0 Å². The van der Waals surface area contributed by atoms with Gasteiger partial charge in [-0.15, -0.1) is 11.3 Å². The summed E-state index contributed by atoms with van der Waals surface area (Å²) in [6.07, 6.45) is 1.03. The molecule has 1 amide bonds. The molecule has 0 bridgehead atoms. The van der Waals surface area contributed by atoms with Gasteiger partial charge < -0.3 is 5.32 Å². The SMILES string of the molecule is Cc1cc2c(s1)CC(C)CNC2=O. The van der Waals surface area contributed by atoms with E-state index in [-0.39, 0.29) is 5.91 Å². The first-order valence-electron chi connectivity index (χ1n) is 4.54. The predicted molar refractivity (Wildman–Crippen MR) is 54.3 cm³/mol. The quantitative estimate of drug-likeness (QED) is 0.674. The molecular weight excluding hydrogens is 182 g/mol. The summed E-state index contributed by atoms with van der Waals surface area (Å²) >= 11 is 1.75. The number of nitrogens with one attached hydrogen (secondary N) is 1. The number of thiophene rings is 1. The molecule has 0 aromatic carbocycles. The Kier molecular flexibility index (Phi) is 2.12. The van der Waals surface area contributed by atoms with Crippen molar-refractivity contribution in [2.45, 2.75) is 20.3 Å². The molecule has 0 saturated carbocycles. The fourth-order valence-electron chi connectivity index (χ4n) is 1.66. The third-order valence-corrected chi connectivity index (χ3v) is 3.39. The second-order valence-corrected chi connectivity index (χ2v) is 5.05. The average molecular weight is 195 g/mol. The lowest BCUT2D eigenvalue weighted by molar-refractivity contribution is 0.0953. The Balaban J connectivity index is 2.42. The summed E-state index contributed by atoms with van der Waals surface area (Å²) < 4.78 is 0. The highest BCUT2D eigenvalue weighted by Crippen LogP contribution is 2.26. The minimum absolute atomic E-state index is 0.101. The van der Waals surface area contributed by atoms with E-state index in [1.165, 1.54) is 9.75 Å². The highest BCUT2D eigenvalue weighted by Gasteiger charge is 2.20. The summed E-state index contributed by atoms with van der Waals surface area (Å²) in [5, 5.41) is 2.93. The van der Waals surface area contributed by atoms with E-state index in [4.69, 9.17) is 0 Å². The van der Waals surface area contributed by atoms with Gasteiger partial charge in [0.1, 0.15) is 0 Å². The standard InChI is InChI=1S/C10H13NOS/c1-6-3-9-8(4-7(2)13-9)10(12)11-5-6/h4,6H,3,5H2,1-2H3,(H,11,12). The van der Waals surface area contributed by atoms with Gasteiger partial charge in [-0.25, -0.2) is 0 Å². The van der Waals surface area contributed by atoms with Crippen molar-refractivity contribution in [1.82, 2.24) is 5.32 Å². The van der Waals surface area contributed by atoms with Crippen LogP contribution >= 0.6 is 11.3 Å². The molecule has 1 aliphatic rings. The van der Waals surface area contributed by atoms with Crippen LogP contribution in [0.3, 0.4) is 0 Å². The second-order valence-electron chi connectivity index (χ2n) is 3.71. The Morgan fingerprint density at radius 3 is 3.15 bits per heavy atom. The van der Waals surface area contributed by atoms with Gasteiger partial charge in [-0.3, -0.25) is 4.79 Å². The molecule has 1 aromatic heterocycles. The molecule has 1 aliphatic heterocycles. The average Bonchev–Trinajstić information content (AvgIpc) is 2.37. The molecule has 0 aliphatic carbocycles. The van der Waals surface area contributed by atoms with Crippen LogP contribution in [-0.2, 0) is 6.42 Å². The molecule has 0 saturated heterocycles. The van der Waals surface area contributed by atoms with Gasteiger partial charge in [0.05, 0.1) is 5.56 Å². The zero-order valence-corrected chi connectivity index (χ0v) is 8.70. The first-order chi connectivity index (χ1) is 6.16. The molecule has 1 unspecified atom stereocenters. The van der Waals surface area contributed by atoms with Crippen LogP contribution in [0.25, 0.3) is 0 Å². The number of carbonyl (C=O) groups is 1. The molecule has 0 radical (unpaired) electrons. The molecule has 2 heterocycles. The first kappa shape index (κ1) is 8.75. The topological polar surface area (TPSA) is 29.1 Å². The minimum Gasteiger partial charge on any atom is -0.352 e. The van der Waals surface area contributed by atoms with E-state index in [9.17, 15) is 4.79 Å². The van der Waals surface area contributed by atoms with Gasteiger partial charge in [0.15, 0.2) is 0 Å². The van der Waals surface area contributed by atoms with Crippen molar-refractivity contribution in [3.05, 3.63) is 21.4 Å². The number of hydrogen-bond donors (Lipinski definition) is 1. The van der Waals surface area contributed by atoms with Gasteiger partial charge >= 0.3 is 0 Å². The van der Waals surface area contributed by atoms with Gasteiger partial charge in [0.2, 0.25) is 0 Å². The highest BCUT2D eigenvalue weighted by atomic mass is 32.1. The summed E-state index contributed by atoms with van der Waals surface area (Å²) in [6, 6.07) is 1.99. The maximum Gasteiger partial charge on any atom is 0.252 e. The fraction of sp³-hybridized carbons (Fsp3) is 0.500. The van der Waals surface area contributed by atoms with Crippen LogP contribution in [0.4, 0.5) is 0 Å². The lowest BCUT2D eigenvalue weighted by Gasteiger charge is -2.05. The zero-order chi connectivity index (χ0) is 9.42. The van der Waals surface area contributed by atoms with E-state index in [0.717, 1.165) is 18.5 Å². The van der Waals surface area contributed by atoms with Crippen molar-refractivity contribution in [2.24, 2.45) is 5.92 Å². The number of fused-ring (bicyclic) bond motifs is 1. The van der Waals surface area contributed by atoms with E-state index in [1.54, 1.807) is 11.3 Å².